The molecule has 1 aromatic rings. The van der Waals surface area contributed by atoms with Crippen molar-refractivity contribution in [1.29, 1.82) is 0 Å². The van der Waals surface area contributed by atoms with Gasteiger partial charge in [-0.25, -0.2) is 0 Å². The Balaban J connectivity index is 2.25. The molecule has 2 rings (SSSR count). The first-order valence-electron chi connectivity index (χ1n) is 6.66. The van der Waals surface area contributed by atoms with Crippen LogP contribution in [-0.4, -0.2) is 36.2 Å². The summed E-state index contributed by atoms with van der Waals surface area (Å²) in [7, 11) is 0. The SMILES string of the molecule is CCC[C@@H](c1cccc(Cl)c1O)N1CCNCC1. The van der Waals surface area contributed by atoms with E-state index in [1.165, 1.54) is 0 Å². The van der Waals surface area contributed by atoms with E-state index in [1.807, 2.05) is 12.1 Å². The maximum absolute atomic E-state index is 10.2. The topological polar surface area (TPSA) is 35.5 Å². The maximum atomic E-state index is 10.2. The van der Waals surface area contributed by atoms with Gasteiger partial charge in [-0.05, 0) is 12.5 Å². The minimum Gasteiger partial charge on any atom is -0.506 e. The lowest BCUT2D eigenvalue weighted by atomic mass is 9.99. The Labute approximate surface area is 114 Å². The number of para-hydroxylation sites is 1. The first kappa shape index (κ1) is 13.7. The van der Waals surface area contributed by atoms with Gasteiger partial charge in [-0.2, -0.15) is 0 Å². The summed E-state index contributed by atoms with van der Waals surface area (Å²) in [5.41, 5.74) is 0.964. The second kappa shape index (κ2) is 6.41. The average Bonchev–Trinajstić information content (AvgIpc) is 2.41. The molecule has 0 radical (unpaired) electrons. The van der Waals surface area contributed by atoms with Crippen LogP contribution in [0.25, 0.3) is 0 Å². The molecule has 2 N–H and O–H groups in total. The van der Waals surface area contributed by atoms with Gasteiger partial charge in [0.1, 0.15) is 5.75 Å². The van der Waals surface area contributed by atoms with E-state index >= 15 is 0 Å². The summed E-state index contributed by atoms with van der Waals surface area (Å²) >= 11 is 6.02. The van der Waals surface area contributed by atoms with Crippen molar-refractivity contribution in [3.63, 3.8) is 0 Å². The van der Waals surface area contributed by atoms with Crippen molar-refractivity contribution in [1.82, 2.24) is 10.2 Å². The molecule has 1 atom stereocenters. The molecule has 0 bridgehead atoms. The number of phenols is 1. The van der Waals surface area contributed by atoms with E-state index in [-0.39, 0.29) is 11.8 Å². The van der Waals surface area contributed by atoms with E-state index in [9.17, 15) is 5.11 Å². The maximum Gasteiger partial charge on any atom is 0.138 e. The Morgan fingerprint density at radius 1 is 1.39 bits per heavy atom. The quantitative estimate of drug-likeness (QED) is 0.882. The number of hydrogen-bond acceptors (Lipinski definition) is 3. The van der Waals surface area contributed by atoms with Crippen molar-refractivity contribution in [3.8, 4) is 5.75 Å². The smallest absolute Gasteiger partial charge is 0.138 e. The van der Waals surface area contributed by atoms with Gasteiger partial charge < -0.3 is 10.4 Å². The van der Waals surface area contributed by atoms with E-state index in [2.05, 4.69) is 17.1 Å². The minimum atomic E-state index is 0.246. The van der Waals surface area contributed by atoms with Gasteiger partial charge in [-0.15, -0.1) is 0 Å². The zero-order chi connectivity index (χ0) is 13.0. The third kappa shape index (κ3) is 2.97. The van der Waals surface area contributed by atoms with Gasteiger partial charge in [0.2, 0.25) is 0 Å². The number of benzene rings is 1. The Morgan fingerprint density at radius 2 is 2.11 bits per heavy atom. The molecule has 100 valence electrons. The highest BCUT2D eigenvalue weighted by Crippen LogP contribution is 2.36. The van der Waals surface area contributed by atoms with E-state index in [0.717, 1.165) is 44.6 Å². The molecule has 1 heterocycles. The fraction of sp³-hybridized carbons (Fsp3) is 0.571. The summed E-state index contributed by atoms with van der Waals surface area (Å²) in [6, 6.07) is 5.92. The van der Waals surface area contributed by atoms with Gasteiger partial charge in [0.05, 0.1) is 5.02 Å². The van der Waals surface area contributed by atoms with E-state index in [0.29, 0.717) is 5.02 Å². The van der Waals surface area contributed by atoms with Gasteiger partial charge >= 0.3 is 0 Å². The van der Waals surface area contributed by atoms with Crippen molar-refractivity contribution < 1.29 is 5.11 Å². The van der Waals surface area contributed by atoms with Crippen LogP contribution in [0, 0.1) is 0 Å². The van der Waals surface area contributed by atoms with Crippen LogP contribution < -0.4 is 5.32 Å². The Bertz CT molecular complexity index is 391. The lowest BCUT2D eigenvalue weighted by molar-refractivity contribution is 0.162. The first-order valence-corrected chi connectivity index (χ1v) is 7.04. The molecule has 1 aliphatic rings. The molecule has 0 aliphatic carbocycles. The Morgan fingerprint density at radius 3 is 2.78 bits per heavy atom. The van der Waals surface area contributed by atoms with Crippen molar-refractivity contribution in [2.75, 3.05) is 26.2 Å². The van der Waals surface area contributed by atoms with Crippen molar-refractivity contribution in [2.45, 2.75) is 25.8 Å². The fourth-order valence-corrected chi connectivity index (χ4v) is 2.78. The molecule has 0 unspecified atom stereocenters. The monoisotopic (exact) mass is 268 g/mol. The van der Waals surface area contributed by atoms with Gasteiger partial charge in [0, 0.05) is 37.8 Å². The van der Waals surface area contributed by atoms with Gasteiger partial charge in [-0.1, -0.05) is 37.1 Å². The standard InChI is InChI=1S/C14H21ClN2O/c1-2-4-13(17-9-7-16-8-10-17)11-5-3-6-12(15)14(11)18/h3,5-6,13,16,18H,2,4,7-10H2,1H3/t13-/m0/s1. The molecule has 0 aromatic heterocycles. The van der Waals surface area contributed by atoms with E-state index in [1.54, 1.807) is 6.07 Å². The molecule has 3 nitrogen and oxygen atoms in total. The summed E-state index contributed by atoms with van der Waals surface area (Å²) < 4.78 is 0. The second-order valence-corrected chi connectivity index (χ2v) is 5.18. The lowest BCUT2D eigenvalue weighted by Crippen LogP contribution is -2.45. The number of nitrogens with one attached hydrogen (secondary N) is 1. The zero-order valence-electron chi connectivity index (χ0n) is 10.8. The van der Waals surface area contributed by atoms with Crippen LogP contribution in [0.1, 0.15) is 31.4 Å². The van der Waals surface area contributed by atoms with Crippen LogP contribution in [0.15, 0.2) is 18.2 Å². The van der Waals surface area contributed by atoms with Crippen LogP contribution >= 0.6 is 11.6 Å². The molecule has 1 aliphatic heterocycles. The highest BCUT2D eigenvalue weighted by atomic mass is 35.5. The molecule has 0 amide bonds. The van der Waals surface area contributed by atoms with Crippen LogP contribution in [-0.2, 0) is 0 Å². The average molecular weight is 269 g/mol. The van der Waals surface area contributed by atoms with Crippen LogP contribution in [0.3, 0.4) is 0 Å². The fourth-order valence-electron chi connectivity index (χ4n) is 2.60. The van der Waals surface area contributed by atoms with Crippen LogP contribution in [0.5, 0.6) is 5.75 Å². The molecule has 18 heavy (non-hydrogen) atoms. The normalized spacial score (nSPS) is 18.8. The lowest BCUT2D eigenvalue weighted by Gasteiger charge is -2.35. The number of piperazine rings is 1. The molecule has 1 aromatic carbocycles. The zero-order valence-corrected chi connectivity index (χ0v) is 11.6. The van der Waals surface area contributed by atoms with Gasteiger partial charge in [-0.3, -0.25) is 4.90 Å². The number of phenolic OH excluding ortho intramolecular Hbond substituents is 1. The number of aromatic hydroxyl groups is 1. The van der Waals surface area contributed by atoms with Crippen molar-refractivity contribution in [3.05, 3.63) is 28.8 Å². The van der Waals surface area contributed by atoms with E-state index in [4.69, 9.17) is 11.6 Å². The number of hydrogen-bond donors (Lipinski definition) is 2. The molecule has 0 spiro atoms. The summed E-state index contributed by atoms with van der Waals surface area (Å²) in [6.45, 7) is 6.26. The molecular weight excluding hydrogens is 248 g/mol. The number of rotatable bonds is 4. The highest BCUT2D eigenvalue weighted by Gasteiger charge is 2.24. The van der Waals surface area contributed by atoms with Crippen LogP contribution in [0.4, 0.5) is 0 Å². The first-order chi connectivity index (χ1) is 8.74. The van der Waals surface area contributed by atoms with Crippen molar-refractivity contribution in [2.24, 2.45) is 0 Å². The third-order valence-corrected chi connectivity index (χ3v) is 3.84. The predicted octanol–water partition coefficient (Wildman–Crippen LogP) is 2.79. The molecular formula is C14H21ClN2O. The molecule has 0 saturated carbocycles. The third-order valence-electron chi connectivity index (χ3n) is 3.53. The molecule has 1 saturated heterocycles. The number of nitrogens with zero attached hydrogens (tertiary/aromatic N) is 1. The van der Waals surface area contributed by atoms with Gasteiger partial charge in [0.25, 0.3) is 0 Å². The van der Waals surface area contributed by atoms with Crippen molar-refractivity contribution >= 4 is 11.6 Å². The van der Waals surface area contributed by atoms with Crippen LogP contribution in [0.2, 0.25) is 5.02 Å². The largest absolute Gasteiger partial charge is 0.506 e. The predicted molar refractivity (Wildman–Crippen MR) is 75.2 cm³/mol. The summed E-state index contributed by atoms with van der Waals surface area (Å²) in [5.74, 6) is 0.246. The minimum absolute atomic E-state index is 0.246. The Hall–Kier alpha value is -0.770. The Kier molecular flexibility index (Phi) is 4.87. The second-order valence-electron chi connectivity index (χ2n) is 4.77. The highest BCUT2D eigenvalue weighted by molar-refractivity contribution is 6.32. The molecule has 1 fully saturated rings. The number of halogens is 1. The van der Waals surface area contributed by atoms with E-state index < -0.39 is 0 Å². The van der Waals surface area contributed by atoms with Gasteiger partial charge in [0.15, 0.2) is 0 Å². The summed E-state index contributed by atoms with van der Waals surface area (Å²) in [6.07, 6.45) is 2.15. The summed E-state index contributed by atoms with van der Waals surface area (Å²) in [5, 5.41) is 14.0. The summed E-state index contributed by atoms with van der Waals surface area (Å²) in [4.78, 5) is 2.44. The molecule has 4 heteroatoms.